The summed E-state index contributed by atoms with van der Waals surface area (Å²) in [6, 6.07) is 0. The van der Waals surface area contributed by atoms with E-state index in [-0.39, 0.29) is 34.0 Å². The second-order valence-electron chi connectivity index (χ2n) is 14.2. The molecule has 0 spiro atoms. The molecule has 0 amide bonds. The van der Waals surface area contributed by atoms with Gasteiger partial charge in [0.1, 0.15) is 0 Å². The van der Waals surface area contributed by atoms with Crippen LogP contribution in [-0.2, 0) is 9.59 Å². The first-order chi connectivity index (χ1) is 24.0. The molecule has 292 valence electrons. The molecule has 49 heavy (non-hydrogen) atoms. The van der Waals surface area contributed by atoms with E-state index in [2.05, 4.69) is 35.1 Å². The van der Waals surface area contributed by atoms with Gasteiger partial charge in [-0.05, 0) is 50.0 Å². The molecule has 0 aliphatic heterocycles. The number of aliphatic carboxylic acids is 2. The number of carboxylic acid groups (broad SMARTS) is 2. The Labute approximate surface area is 328 Å². The minimum absolute atomic E-state index is 0.230. The molecular formula is C42H84O4S2Sn. The van der Waals surface area contributed by atoms with Crippen molar-refractivity contribution in [2.45, 2.75) is 241 Å². The summed E-state index contributed by atoms with van der Waals surface area (Å²) in [5.41, 5.74) is 0. The summed E-state index contributed by atoms with van der Waals surface area (Å²) in [4.78, 5) is 25.1. The van der Waals surface area contributed by atoms with Crippen LogP contribution in [-0.4, -0.2) is 44.6 Å². The molecule has 4 nitrogen and oxygen atoms in total. The van der Waals surface area contributed by atoms with Crippen LogP contribution in [0, 0.1) is 0 Å². The predicted octanol–water partition coefficient (Wildman–Crippen LogP) is 12.2. The maximum absolute atomic E-state index is 10.3. The van der Waals surface area contributed by atoms with Gasteiger partial charge >= 0.3 is 31.0 Å². The van der Waals surface area contributed by atoms with E-state index in [1.807, 2.05) is 0 Å². The van der Waals surface area contributed by atoms with Gasteiger partial charge in [0.2, 0.25) is 0 Å². The molecule has 7 heteroatoms. The molecule has 0 radical (unpaired) electrons. The Morgan fingerprint density at radius 3 is 0.571 bits per heavy atom. The van der Waals surface area contributed by atoms with Crippen molar-refractivity contribution in [1.29, 1.82) is 0 Å². The quantitative estimate of drug-likeness (QED) is 0.0369. The molecule has 0 saturated carbocycles. The van der Waals surface area contributed by atoms with Crippen molar-refractivity contribution in [2.24, 2.45) is 0 Å². The number of carbonyl (C=O) groups is 2. The maximum atomic E-state index is 10.3. The van der Waals surface area contributed by atoms with E-state index in [0.717, 1.165) is 37.2 Å². The molecule has 0 rings (SSSR count). The monoisotopic (exact) mass is 836 g/mol. The van der Waals surface area contributed by atoms with Crippen molar-refractivity contribution in [3.05, 3.63) is 0 Å². The van der Waals surface area contributed by atoms with Crippen LogP contribution in [0.15, 0.2) is 0 Å². The summed E-state index contributed by atoms with van der Waals surface area (Å²) in [6.45, 7) is 0. The fraction of sp³-hybridized carbons (Fsp3) is 0.952. The SMILES string of the molecule is O=C([O-])CCCCCCCCCCCCCCCCCCCS.O=C([O-])CCCCCCCCCCCCCCCCCCCS.[CH3][Sn+2][CH3]. The summed E-state index contributed by atoms with van der Waals surface area (Å²) >= 11 is 8.70. The summed E-state index contributed by atoms with van der Waals surface area (Å²) in [5.74, 6) is 0.280. The zero-order valence-electron chi connectivity index (χ0n) is 32.9. The summed E-state index contributed by atoms with van der Waals surface area (Å²) in [7, 11) is 0. The van der Waals surface area contributed by atoms with Crippen molar-refractivity contribution in [3.8, 4) is 0 Å². The van der Waals surface area contributed by atoms with Crippen LogP contribution in [0.5, 0.6) is 0 Å². The molecule has 0 unspecified atom stereocenters. The Morgan fingerprint density at radius 1 is 0.327 bits per heavy atom. The Bertz CT molecular complexity index is 559. The van der Waals surface area contributed by atoms with Gasteiger partial charge in [-0.2, -0.15) is 25.3 Å². The third kappa shape index (κ3) is 63.9. The number of unbranched alkanes of at least 4 members (excludes halogenated alkanes) is 32. The first-order valence-corrected chi connectivity index (χ1v) is 28.1. The van der Waals surface area contributed by atoms with Crippen LogP contribution in [0.25, 0.3) is 0 Å². The summed E-state index contributed by atoms with van der Waals surface area (Å²) in [5, 5.41) is 20.5. The van der Waals surface area contributed by atoms with E-state index < -0.39 is 11.9 Å². The molecular weight excluding hydrogens is 751 g/mol. The van der Waals surface area contributed by atoms with Gasteiger partial charge in [-0.1, -0.05) is 193 Å². The van der Waals surface area contributed by atoms with Gasteiger partial charge in [0, 0.05) is 11.9 Å². The third-order valence-electron chi connectivity index (χ3n) is 9.08. The number of hydrogen-bond donors (Lipinski definition) is 2. The van der Waals surface area contributed by atoms with E-state index in [1.54, 1.807) is 0 Å². The Kier molecular flexibility index (Phi) is 58.0. The topological polar surface area (TPSA) is 80.3 Å². The van der Waals surface area contributed by atoms with E-state index in [1.165, 1.54) is 193 Å². The molecule has 0 aliphatic rings. The van der Waals surface area contributed by atoms with Gasteiger partial charge in [-0.15, -0.1) is 0 Å². The van der Waals surface area contributed by atoms with Crippen LogP contribution in [0.1, 0.15) is 231 Å². The van der Waals surface area contributed by atoms with Crippen LogP contribution in [0.4, 0.5) is 0 Å². The van der Waals surface area contributed by atoms with Gasteiger partial charge in [0.05, 0.1) is 0 Å². The van der Waals surface area contributed by atoms with Gasteiger partial charge < -0.3 is 19.8 Å². The standard InChI is InChI=1S/2C20H40O2S.2CH3.Sn/c2*21-20(22)18-16-14-12-10-8-6-4-2-1-3-5-7-9-11-13-15-17-19-23;;;/h2*23H,1-19H2,(H,21,22);2*1H3;/q;;;;+2/p-2. The number of carboxylic acids is 2. The fourth-order valence-corrected chi connectivity index (χ4v) is 6.51. The van der Waals surface area contributed by atoms with E-state index in [0.29, 0.717) is 0 Å². The molecule has 0 heterocycles. The zero-order valence-corrected chi connectivity index (χ0v) is 37.5. The summed E-state index contributed by atoms with van der Waals surface area (Å²) in [6.07, 6.45) is 45.0. The Morgan fingerprint density at radius 2 is 0.449 bits per heavy atom. The van der Waals surface area contributed by atoms with Crippen molar-refractivity contribution in [2.75, 3.05) is 11.5 Å². The van der Waals surface area contributed by atoms with Crippen LogP contribution >= 0.6 is 25.3 Å². The normalized spacial score (nSPS) is 10.5. The molecule has 0 aliphatic carbocycles. The second-order valence-corrected chi connectivity index (χ2v) is 18.0. The van der Waals surface area contributed by atoms with E-state index in [4.69, 9.17) is 0 Å². The number of thiol groups is 2. The molecule has 0 N–H and O–H groups in total. The van der Waals surface area contributed by atoms with Crippen molar-refractivity contribution >= 4 is 58.3 Å². The van der Waals surface area contributed by atoms with Crippen molar-refractivity contribution in [3.63, 3.8) is 0 Å². The first kappa shape index (κ1) is 53.8. The fourth-order valence-electron chi connectivity index (χ4n) is 6.07. The average Bonchev–Trinajstić information content (AvgIpc) is 3.07. The summed E-state index contributed by atoms with van der Waals surface area (Å²) < 4.78 is 0. The van der Waals surface area contributed by atoms with Gasteiger partial charge in [0.15, 0.2) is 0 Å². The molecule has 0 saturated heterocycles. The number of carbonyl (C=O) groups excluding carboxylic acids is 2. The molecule has 0 aromatic rings. The Balaban J connectivity index is -0.000000798. The van der Waals surface area contributed by atoms with Crippen LogP contribution < -0.4 is 10.2 Å². The first-order valence-electron chi connectivity index (χ1n) is 21.2. The van der Waals surface area contributed by atoms with E-state index in [9.17, 15) is 19.8 Å². The zero-order chi connectivity index (χ0) is 36.7. The van der Waals surface area contributed by atoms with Gasteiger partial charge in [-0.3, -0.25) is 0 Å². The number of hydrogen-bond acceptors (Lipinski definition) is 6. The molecule has 0 fully saturated rings. The van der Waals surface area contributed by atoms with E-state index >= 15 is 0 Å². The minimum atomic E-state index is -0.904. The van der Waals surface area contributed by atoms with Crippen LogP contribution in [0.3, 0.4) is 0 Å². The number of rotatable bonds is 38. The van der Waals surface area contributed by atoms with Gasteiger partial charge in [-0.25, -0.2) is 0 Å². The molecule has 0 bridgehead atoms. The average molecular weight is 836 g/mol. The Hall–Kier alpha value is 0.439. The van der Waals surface area contributed by atoms with Crippen LogP contribution in [0.2, 0.25) is 9.88 Å². The molecule has 0 aromatic carbocycles. The molecule has 0 aromatic heterocycles. The second kappa shape index (κ2) is 52.8. The molecule has 0 atom stereocenters. The predicted molar refractivity (Wildman–Crippen MR) is 221 cm³/mol. The van der Waals surface area contributed by atoms with Crippen molar-refractivity contribution in [1.82, 2.24) is 0 Å². The van der Waals surface area contributed by atoms with Crippen molar-refractivity contribution < 1.29 is 19.8 Å². The van der Waals surface area contributed by atoms with Gasteiger partial charge in [0.25, 0.3) is 0 Å². The third-order valence-corrected chi connectivity index (χ3v) is 9.71.